The SMILES string of the molecule is CC(C)c1ccc(C(O)CNS(=O)(=O)c2ccc(Cl)c(Cl)c2)cc1. The van der Waals surface area contributed by atoms with E-state index in [0.29, 0.717) is 11.5 Å². The van der Waals surface area contributed by atoms with Gasteiger partial charge in [0, 0.05) is 6.54 Å². The van der Waals surface area contributed by atoms with Crippen LogP contribution in [-0.4, -0.2) is 20.1 Å². The van der Waals surface area contributed by atoms with Crippen LogP contribution in [0.5, 0.6) is 0 Å². The quantitative estimate of drug-likeness (QED) is 0.782. The third kappa shape index (κ3) is 4.71. The van der Waals surface area contributed by atoms with Crippen LogP contribution < -0.4 is 4.72 Å². The molecule has 0 aliphatic heterocycles. The number of nitrogens with one attached hydrogen (secondary N) is 1. The molecule has 0 bridgehead atoms. The minimum absolute atomic E-state index is 0.000689. The zero-order valence-electron chi connectivity index (χ0n) is 13.3. The van der Waals surface area contributed by atoms with Crippen molar-refractivity contribution in [1.29, 1.82) is 0 Å². The Morgan fingerprint density at radius 3 is 2.12 bits per heavy atom. The third-order valence-corrected chi connectivity index (χ3v) is 5.82. The van der Waals surface area contributed by atoms with E-state index in [4.69, 9.17) is 23.2 Å². The maximum absolute atomic E-state index is 12.3. The highest BCUT2D eigenvalue weighted by atomic mass is 35.5. The molecule has 24 heavy (non-hydrogen) atoms. The molecule has 7 heteroatoms. The van der Waals surface area contributed by atoms with Gasteiger partial charge in [-0.15, -0.1) is 0 Å². The molecule has 0 saturated heterocycles. The van der Waals surface area contributed by atoms with E-state index in [-0.39, 0.29) is 21.5 Å². The summed E-state index contributed by atoms with van der Waals surface area (Å²) >= 11 is 11.6. The highest BCUT2D eigenvalue weighted by Gasteiger charge is 2.18. The van der Waals surface area contributed by atoms with Crippen LogP contribution in [0.15, 0.2) is 47.4 Å². The average molecular weight is 388 g/mol. The second kappa shape index (κ2) is 7.85. The van der Waals surface area contributed by atoms with Crippen LogP contribution in [0.1, 0.15) is 37.0 Å². The predicted octanol–water partition coefficient (Wildman–Crippen LogP) is 4.13. The first-order chi connectivity index (χ1) is 11.2. The summed E-state index contributed by atoms with van der Waals surface area (Å²) in [5, 5.41) is 10.6. The van der Waals surface area contributed by atoms with E-state index in [0.717, 1.165) is 5.56 Å². The standard InChI is InChI=1S/C17H19Cl2NO3S/c1-11(2)12-3-5-13(6-4-12)17(21)10-20-24(22,23)14-7-8-15(18)16(19)9-14/h3-9,11,17,20-21H,10H2,1-2H3. The highest BCUT2D eigenvalue weighted by molar-refractivity contribution is 7.89. The van der Waals surface area contributed by atoms with Gasteiger partial charge >= 0.3 is 0 Å². The van der Waals surface area contributed by atoms with Crippen LogP contribution in [-0.2, 0) is 10.0 Å². The summed E-state index contributed by atoms with van der Waals surface area (Å²) in [6, 6.07) is 11.5. The van der Waals surface area contributed by atoms with Crippen LogP contribution in [0.2, 0.25) is 10.0 Å². The van der Waals surface area contributed by atoms with Crippen LogP contribution in [0.25, 0.3) is 0 Å². The molecule has 4 nitrogen and oxygen atoms in total. The van der Waals surface area contributed by atoms with Crippen molar-refractivity contribution in [3.05, 3.63) is 63.6 Å². The molecule has 0 radical (unpaired) electrons. The number of aliphatic hydroxyl groups is 1. The van der Waals surface area contributed by atoms with Crippen molar-refractivity contribution in [1.82, 2.24) is 4.72 Å². The van der Waals surface area contributed by atoms with Gasteiger partial charge in [0.05, 0.1) is 21.0 Å². The molecule has 2 aromatic rings. The number of halogens is 2. The fourth-order valence-corrected chi connectivity index (χ4v) is 3.56. The fraction of sp³-hybridized carbons (Fsp3) is 0.294. The van der Waals surface area contributed by atoms with Gasteiger partial charge in [-0.2, -0.15) is 0 Å². The number of hydrogen-bond donors (Lipinski definition) is 2. The zero-order valence-corrected chi connectivity index (χ0v) is 15.7. The number of rotatable bonds is 6. The fourth-order valence-electron chi connectivity index (χ4n) is 2.14. The number of sulfonamides is 1. The van der Waals surface area contributed by atoms with Crippen LogP contribution in [0, 0.1) is 0 Å². The van der Waals surface area contributed by atoms with E-state index in [1.54, 1.807) is 12.1 Å². The Bertz CT molecular complexity index is 805. The Morgan fingerprint density at radius 1 is 1.00 bits per heavy atom. The molecule has 0 heterocycles. The first kappa shape index (κ1) is 19.2. The minimum atomic E-state index is -3.78. The predicted molar refractivity (Wildman–Crippen MR) is 97.1 cm³/mol. The zero-order chi connectivity index (χ0) is 17.9. The molecule has 2 aromatic carbocycles. The summed E-state index contributed by atoms with van der Waals surface area (Å²) < 4.78 is 26.9. The second-order valence-electron chi connectivity index (χ2n) is 5.76. The average Bonchev–Trinajstić information content (AvgIpc) is 2.55. The summed E-state index contributed by atoms with van der Waals surface area (Å²) in [5.41, 5.74) is 1.80. The second-order valence-corrected chi connectivity index (χ2v) is 8.35. The van der Waals surface area contributed by atoms with Crippen LogP contribution in [0.4, 0.5) is 0 Å². The molecule has 0 aliphatic rings. The van der Waals surface area contributed by atoms with Gasteiger partial charge in [-0.05, 0) is 35.2 Å². The maximum atomic E-state index is 12.3. The van der Waals surface area contributed by atoms with Gasteiger partial charge in [0.1, 0.15) is 0 Å². The van der Waals surface area contributed by atoms with E-state index >= 15 is 0 Å². The molecule has 0 aromatic heterocycles. The van der Waals surface area contributed by atoms with Crippen molar-refractivity contribution < 1.29 is 13.5 Å². The van der Waals surface area contributed by atoms with E-state index in [2.05, 4.69) is 18.6 Å². The molecule has 1 atom stereocenters. The van der Waals surface area contributed by atoms with Crippen molar-refractivity contribution in [2.24, 2.45) is 0 Å². The Morgan fingerprint density at radius 2 is 1.58 bits per heavy atom. The molecular weight excluding hydrogens is 369 g/mol. The monoisotopic (exact) mass is 387 g/mol. The topological polar surface area (TPSA) is 66.4 Å². The highest BCUT2D eigenvalue weighted by Crippen LogP contribution is 2.25. The molecule has 0 fully saturated rings. The Kier molecular flexibility index (Phi) is 6.28. The summed E-state index contributed by atoms with van der Waals surface area (Å²) in [6.45, 7) is 4.03. The van der Waals surface area contributed by atoms with E-state index in [9.17, 15) is 13.5 Å². The van der Waals surface area contributed by atoms with Crippen molar-refractivity contribution in [3.63, 3.8) is 0 Å². The molecule has 0 aliphatic carbocycles. The summed E-state index contributed by atoms with van der Waals surface area (Å²) in [6.07, 6.45) is -0.941. The van der Waals surface area contributed by atoms with Gasteiger partial charge in [-0.3, -0.25) is 0 Å². The summed E-state index contributed by atoms with van der Waals surface area (Å²) in [7, 11) is -3.78. The van der Waals surface area contributed by atoms with Gasteiger partial charge in [0.2, 0.25) is 10.0 Å². The minimum Gasteiger partial charge on any atom is -0.387 e. The lowest BCUT2D eigenvalue weighted by molar-refractivity contribution is 0.182. The summed E-state index contributed by atoms with van der Waals surface area (Å²) in [4.78, 5) is -0.000689. The van der Waals surface area contributed by atoms with Crippen molar-refractivity contribution in [3.8, 4) is 0 Å². The molecule has 0 amide bonds. The first-order valence-electron chi connectivity index (χ1n) is 7.43. The molecule has 1 unspecified atom stereocenters. The third-order valence-electron chi connectivity index (χ3n) is 3.66. The lowest BCUT2D eigenvalue weighted by Gasteiger charge is -2.14. The Labute approximate surface area is 152 Å². The van der Waals surface area contributed by atoms with Crippen LogP contribution >= 0.6 is 23.2 Å². The first-order valence-corrected chi connectivity index (χ1v) is 9.67. The van der Waals surface area contributed by atoms with E-state index in [1.807, 2.05) is 12.1 Å². The summed E-state index contributed by atoms with van der Waals surface area (Å²) in [5.74, 6) is 0.393. The van der Waals surface area contributed by atoms with Gasteiger partial charge in [0.15, 0.2) is 0 Å². The lowest BCUT2D eigenvalue weighted by Crippen LogP contribution is -2.28. The molecular formula is C17H19Cl2NO3S. The molecule has 2 N–H and O–H groups in total. The van der Waals surface area contributed by atoms with Crippen molar-refractivity contribution in [2.75, 3.05) is 6.54 Å². The van der Waals surface area contributed by atoms with Gasteiger partial charge < -0.3 is 5.11 Å². The van der Waals surface area contributed by atoms with Crippen molar-refractivity contribution in [2.45, 2.75) is 30.8 Å². The number of aliphatic hydroxyl groups excluding tert-OH is 1. The van der Waals surface area contributed by atoms with E-state index < -0.39 is 16.1 Å². The maximum Gasteiger partial charge on any atom is 0.240 e. The molecule has 0 saturated carbocycles. The number of hydrogen-bond acceptors (Lipinski definition) is 3. The van der Waals surface area contributed by atoms with Crippen LogP contribution in [0.3, 0.4) is 0 Å². The largest absolute Gasteiger partial charge is 0.387 e. The van der Waals surface area contributed by atoms with Gasteiger partial charge in [0.25, 0.3) is 0 Å². The lowest BCUT2D eigenvalue weighted by atomic mass is 10.00. The van der Waals surface area contributed by atoms with Gasteiger partial charge in [-0.25, -0.2) is 13.1 Å². The Balaban J connectivity index is 2.06. The van der Waals surface area contributed by atoms with Gasteiger partial charge in [-0.1, -0.05) is 61.3 Å². The van der Waals surface area contributed by atoms with E-state index in [1.165, 1.54) is 18.2 Å². The molecule has 130 valence electrons. The smallest absolute Gasteiger partial charge is 0.240 e. The molecule has 0 spiro atoms. The number of benzene rings is 2. The Hall–Kier alpha value is -1.11. The molecule has 2 rings (SSSR count). The normalized spacial score (nSPS) is 13.2. The van der Waals surface area contributed by atoms with Crippen molar-refractivity contribution >= 4 is 33.2 Å².